The molecule has 102 valence electrons. The van der Waals surface area contributed by atoms with Gasteiger partial charge in [-0.05, 0) is 41.5 Å². The fourth-order valence-electron chi connectivity index (χ4n) is 2.70. The number of benzene rings is 2. The molecule has 0 spiro atoms. The SMILES string of the molecule is NC(c1ccncc1)c1ccc2oc3ccccc3c2c1. The highest BCUT2D eigenvalue weighted by Crippen LogP contribution is 2.31. The Balaban J connectivity index is 1.88. The summed E-state index contributed by atoms with van der Waals surface area (Å²) >= 11 is 0. The molecule has 3 heteroatoms. The van der Waals surface area contributed by atoms with Crippen molar-refractivity contribution in [3.05, 3.63) is 78.1 Å². The van der Waals surface area contributed by atoms with Gasteiger partial charge >= 0.3 is 0 Å². The van der Waals surface area contributed by atoms with Gasteiger partial charge in [-0.1, -0.05) is 24.3 Å². The number of aromatic nitrogens is 1. The second-order valence-electron chi connectivity index (χ2n) is 5.11. The molecule has 21 heavy (non-hydrogen) atoms. The molecule has 4 aromatic rings. The van der Waals surface area contributed by atoms with Crippen LogP contribution < -0.4 is 5.73 Å². The molecule has 1 unspecified atom stereocenters. The van der Waals surface area contributed by atoms with Crippen LogP contribution in [-0.4, -0.2) is 4.98 Å². The first-order chi connectivity index (χ1) is 10.3. The van der Waals surface area contributed by atoms with E-state index in [1.165, 1.54) is 0 Å². The van der Waals surface area contributed by atoms with Crippen molar-refractivity contribution in [2.75, 3.05) is 0 Å². The molecule has 0 bridgehead atoms. The van der Waals surface area contributed by atoms with Crippen LogP contribution in [0, 0.1) is 0 Å². The highest BCUT2D eigenvalue weighted by Gasteiger charge is 2.12. The van der Waals surface area contributed by atoms with Crippen LogP contribution in [0.4, 0.5) is 0 Å². The van der Waals surface area contributed by atoms with Crippen LogP contribution >= 0.6 is 0 Å². The van der Waals surface area contributed by atoms with Gasteiger partial charge in [0.05, 0.1) is 6.04 Å². The van der Waals surface area contributed by atoms with E-state index >= 15 is 0 Å². The summed E-state index contributed by atoms with van der Waals surface area (Å²) in [5.41, 5.74) is 10.3. The average molecular weight is 274 g/mol. The Labute approximate surface area is 122 Å². The standard InChI is InChI=1S/C18H14N2O/c19-18(12-7-9-20-10-8-12)13-5-6-17-15(11-13)14-3-1-2-4-16(14)21-17/h1-11,18H,19H2. The van der Waals surface area contributed by atoms with Crippen molar-refractivity contribution in [2.24, 2.45) is 5.73 Å². The molecule has 0 saturated carbocycles. The van der Waals surface area contributed by atoms with Gasteiger partial charge in [0.1, 0.15) is 11.2 Å². The molecule has 0 aliphatic carbocycles. The van der Waals surface area contributed by atoms with Gasteiger partial charge in [-0.15, -0.1) is 0 Å². The fraction of sp³-hybridized carbons (Fsp3) is 0.0556. The fourth-order valence-corrected chi connectivity index (χ4v) is 2.70. The third-order valence-corrected chi connectivity index (χ3v) is 3.83. The lowest BCUT2D eigenvalue weighted by atomic mass is 9.99. The normalized spacial score (nSPS) is 12.8. The van der Waals surface area contributed by atoms with Gasteiger partial charge < -0.3 is 10.2 Å². The van der Waals surface area contributed by atoms with E-state index in [2.05, 4.69) is 17.1 Å². The van der Waals surface area contributed by atoms with Crippen molar-refractivity contribution < 1.29 is 4.42 Å². The van der Waals surface area contributed by atoms with Crippen molar-refractivity contribution in [2.45, 2.75) is 6.04 Å². The zero-order valence-electron chi connectivity index (χ0n) is 11.4. The molecule has 3 nitrogen and oxygen atoms in total. The number of nitrogens with zero attached hydrogens (tertiary/aromatic N) is 1. The van der Waals surface area contributed by atoms with Gasteiger partial charge in [-0.25, -0.2) is 0 Å². The van der Waals surface area contributed by atoms with Crippen molar-refractivity contribution in [3.63, 3.8) is 0 Å². The number of hydrogen-bond acceptors (Lipinski definition) is 3. The predicted octanol–water partition coefficient (Wildman–Crippen LogP) is 4.03. The highest BCUT2D eigenvalue weighted by molar-refractivity contribution is 6.05. The van der Waals surface area contributed by atoms with Gasteiger partial charge in [0.2, 0.25) is 0 Å². The molecule has 2 heterocycles. The van der Waals surface area contributed by atoms with Crippen molar-refractivity contribution in [1.29, 1.82) is 0 Å². The van der Waals surface area contributed by atoms with E-state index in [1.807, 2.05) is 42.5 Å². The summed E-state index contributed by atoms with van der Waals surface area (Å²) in [7, 11) is 0. The van der Waals surface area contributed by atoms with E-state index < -0.39 is 0 Å². The Hall–Kier alpha value is -2.65. The number of nitrogens with two attached hydrogens (primary N) is 1. The second kappa shape index (κ2) is 4.72. The number of furan rings is 1. The Bertz CT molecular complexity index is 912. The van der Waals surface area contributed by atoms with Crippen LogP contribution in [0.25, 0.3) is 21.9 Å². The maximum atomic E-state index is 6.36. The molecule has 0 aliphatic heterocycles. The lowest BCUT2D eigenvalue weighted by Gasteiger charge is -2.12. The maximum absolute atomic E-state index is 6.36. The monoisotopic (exact) mass is 274 g/mol. The zero-order valence-corrected chi connectivity index (χ0v) is 11.4. The summed E-state index contributed by atoms with van der Waals surface area (Å²) in [5, 5.41) is 2.23. The van der Waals surface area contributed by atoms with Crippen LogP contribution in [0.15, 0.2) is 71.4 Å². The minimum Gasteiger partial charge on any atom is -0.456 e. The minimum absolute atomic E-state index is 0.161. The Morgan fingerprint density at radius 1 is 0.810 bits per heavy atom. The largest absolute Gasteiger partial charge is 0.456 e. The van der Waals surface area contributed by atoms with E-state index in [0.717, 1.165) is 33.1 Å². The Morgan fingerprint density at radius 3 is 2.43 bits per heavy atom. The van der Waals surface area contributed by atoms with Gasteiger partial charge in [0, 0.05) is 23.2 Å². The zero-order chi connectivity index (χ0) is 14.2. The van der Waals surface area contributed by atoms with E-state index in [9.17, 15) is 0 Å². The summed E-state index contributed by atoms with van der Waals surface area (Å²) in [6.07, 6.45) is 3.53. The Kier molecular flexibility index (Phi) is 2.72. The van der Waals surface area contributed by atoms with Crippen molar-refractivity contribution in [1.82, 2.24) is 4.98 Å². The summed E-state index contributed by atoms with van der Waals surface area (Å²) in [6, 6.07) is 17.9. The number of fused-ring (bicyclic) bond motifs is 3. The molecule has 4 rings (SSSR count). The molecule has 0 amide bonds. The van der Waals surface area contributed by atoms with Crippen molar-refractivity contribution in [3.8, 4) is 0 Å². The molecule has 1 atom stereocenters. The third-order valence-electron chi connectivity index (χ3n) is 3.83. The minimum atomic E-state index is -0.161. The average Bonchev–Trinajstić information content (AvgIpc) is 2.93. The van der Waals surface area contributed by atoms with E-state index in [-0.39, 0.29) is 6.04 Å². The summed E-state index contributed by atoms with van der Waals surface area (Å²) in [4.78, 5) is 4.03. The molecule has 0 aliphatic rings. The topological polar surface area (TPSA) is 52.0 Å². The first kappa shape index (κ1) is 12.1. The number of para-hydroxylation sites is 1. The molecule has 2 aromatic heterocycles. The van der Waals surface area contributed by atoms with Crippen LogP contribution in [-0.2, 0) is 0 Å². The van der Waals surface area contributed by atoms with E-state index in [0.29, 0.717) is 0 Å². The lowest BCUT2D eigenvalue weighted by molar-refractivity contribution is 0.668. The number of hydrogen-bond donors (Lipinski definition) is 1. The van der Waals surface area contributed by atoms with Gasteiger partial charge in [-0.2, -0.15) is 0 Å². The quantitative estimate of drug-likeness (QED) is 0.600. The molecule has 2 aromatic carbocycles. The van der Waals surface area contributed by atoms with E-state index in [1.54, 1.807) is 12.4 Å². The van der Waals surface area contributed by atoms with Gasteiger partial charge in [0.15, 0.2) is 0 Å². The molecule has 2 N–H and O–H groups in total. The van der Waals surface area contributed by atoms with Gasteiger partial charge in [-0.3, -0.25) is 4.98 Å². The molecular formula is C18H14N2O. The first-order valence-corrected chi connectivity index (χ1v) is 6.89. The first-order valence-electron chi connectivity index (χ1n) is 6.89. The Morgan fingerprint density at radius 2 is 1.57 bits per heavy atom. The summed E-state index contributed by atoms with van der Waals surface area (Å²) in [5.74, 6) is 0. The summed E-state index contributed by atoms with van der Waals surface area (Å²) in [6.45, 7) is 0. The number of rotatable bonds is 2. The summed E-state index contributed by atoms with van der Waals surface area (Å²) < 4.78 is 5.84. The van der Waals surface area contributed by atoms with E-state index in [4.69, 9.17) is 10.2 Å². The lowest BCUT2D eigenvalue weighted by Crippen LogP contribution is -2.11. The predicted molar refractivity (Wildman–Crippen MR) is 84.0 cm³/mol. The molecular weight excluding hydrogens is 260 g/mol. The molecule has 0 fully saturated rings. The second-order valence-corrected chi connectivity index (χ2v) is 5.11. The molecule has 0 saturated heterocycles. The number of pyridine rings is 1. The molecule has 0 radical (unpaired) electrons. The van der Waals surface area contributed by atoms with Gasteiger partial charge in [0.25, 0.3) is 0 Å². The highest BCUT2D eigenvalue weighted by atomic mass is 16.3. The van der Waals surface area contributed by atoms with Crippen LogP contribution in [0.5, 0.6) is 0 Å². The third kappa shape index (κ3) is 1.99. The van der Waals surface area contributed by atoms with Crippen molar-refractivity contribution >= 4 is 21.9 Å². The van der Waals surface area contributed by atoms with Crippen LogP contribution in [0.2, 0.25) is 0 Å². The van der Waals surface area contributed by atoms with Crippen LogP contribution in [0.3, 0.4) is 0 Å². The van der Waals surface area contributed by atoms with Crippen LogP contribution in [0.1, 0.15) is 17.2 Å². The smallest absolute Gasteiger partial charge is 0.135 e. The maximum Gasteiger partial charge on any atom is 0.135 e.